The molecule has 0 fully saturated rings. The van der Waals surface area contributed by atoms with Crippen LogP contribution < -0.4 is 0 Å². The molecule has 26 heavy (non-hydrogen) atoms. The Kier molecular flexibility index (Phi) is 9.95. The lowest BCUT2D eigenvalue weighted by Crippen LogP contribution is -2.24. The van der Waals surface area contributed by atoms with E-state index in [9.17, 15) is 19.8 Å². The fourth-order valence-corrected chi connectivity index (χ4v) is 2.82. The molecule has 0 heterocycles. The minimum atomic E-state index is -1.03. The quantitative estimate of drug-likeness (QED) is 0.311. The van der Waals surface area contributed by atoms with Crippen molar-refractivity contribution in [1.29, 1.82) is 0 Å². The van der Waals surface area contributed by atoms with Gasteiger partial charge in [0.2, 0.25) is 6.10 Å². The standard InChI is InChI=1S/C19H31NO6/c1-13(2)10-17(19(23)24)26-20-16-12-15(21)11-14(16)8-6-4-5-7-9-18(22)25-3/h11,13,15,17,21H,4-10,12H2,1-3H3,(H,23,24)/t15-,17?/m0/s1. The number of rotatable bonds is 12. The van der Waals surface area contributed by atoms with Crippen molar-refractivity contribution in [2.75, 3.05) is 7.11 Å². The maximum absolute atomic E-state index is 11.2. The minimum Gasteiger partial charge on any atom is -0.478 e. The van der Waals surface area contributed by atoms with Crippen molar-refractivity contribution in [3.05, 3.63) is 11.6 Å². The summed E-state index contributed by atoms with van der Waals surface area (Å²) in [6.07, 6.45) is 5.71. The number of carboxylic acid groups (broad SMARTS) is 1. The van der Waals surface area contributed by atoms with Crippen LogP contribution in [0.5, 0.6) is 0 Å². The number of aliphatic hydroxyl groups excluding tert-OH is 1. The van der Waals surface area contributed by atoms with Gasteiger partial charge in [-0.2, -0.15) is 0 Å². The zero-order chi connectivity index (χ0) is 19.5. The number of nitrogens with zero attached hydrogens (tertiary/aromatic N) is 1. The summed E-state index contributed by atoms with van der Waals surface area (Å²) in [7, 11) is 1.39. The molecule has 1 rings (SSSR count). The van der Waals surface area contributed by atoms with Gasteiger partial charge in [-0.05, 0) is 30.8 Å². The first-order valence-corrected chi connectivity index (χ1v) is 9.25. The summed E-state index contributed by atoms with van der Waals surface area (Å²) in [6.45, 7) is 3.86. The summed E-state index contributed by atoms with van der Waals surface area (Å²) in [5.74, 6) is -1.03. The van der Waals surface area contributed by atoms with Crippen molar-refractivity contribution < 1.29 is 29.4 Å². The number of methoxy groups -OCH3 is 1. The Morgan fingerprint density at radius 2 is 1.96 bits per heavy atom. The van der Waals surface area contributed by atoms with Gasteiger partial charge in [0.1, 0.15) is 0 Å². The third kappa shape index (κ3) is 8.47. The summed E-state index contributed by atoms with van der Waals surface area (Å²) in [5.41, 5.74) is 1.54. The molecule has 1 aliphatic carbocycles. The Hall–Kier alpha value is -1.89. The van der Waals surface area contributed by atoms with Gasteiger partial charge >= 0.3 is 11.9 Å². The molecule has 0 aromatic carbocycles. The molecule has 148 valence electrons. The van der Waals surface area contributed by atoms with Gasteiger partial charge in [0.05, 0.1) is 18.9 Å². The van der Waals surface area contributed by atoms with Gasteiger partial charge in [0.15, 0.2) is 0 Å². The number of carboxylic acids is 1. The van der Waals surface area contributed by atoms with Crippen LogP contribution in [0, 0.1) is 5.92 Å². The van der Waals surface area contributed by atoms with Crippen molar-refractivity contribution in [3.63, 3.8) is 0 Å². The van der Waals surface area contributed by atoms with E-state index in [-0.39, 0.29) is 11.9 Å². The molecular formula is C19H31NO6. The van der Waals surface area contributed by atoms with Crippen molar-refractivity contribution in [2.24, 2.45) is 11.1 Å². The van der Waals surface area contributed by atoms with E-state index in [1.165, 1.54) is 7.11 Å². The summed E-state index contributed by atoms with van der Waals surface area (Å²) in [4.78, 5) is 27.5. The zero-order valence-electron chi connectivity index (χ0n) is 15.9. The highest BCUT2D eigenvalue weighted by Crippen LogP contribution is 2.23. The monoisotopic (exact) mass is 369 g/mol. The highest BCUT2D eigenvalue weighted by Gasteiger charge is 2.24. The summed E-state index contributed by atoms with van der Waals surface area (Å²) < 4.78 is 4.60. The normalized spacial score (nSPS) is 19.5. The molecule has 0 saturated heterocycles. The maximum Gasteiger partial charge on any atom is 0.347 e. The van der Waals surface area contributed by atoms with Crippen molar-refractivity contribution >= 4 is 17.7 Å². The lowest BCUT2D eigenvalue weighted by molar-refractivity contribution is -0.151. The van der Waals surface area contributed by atoms with Crippen LogP contribution in [-0.2, 0) is 19.2 Å². The molecule has 2 N–H and O–H groups in total. The molecule has 0 aliphatic heterocycles. The summed E-state index contributed by atoms with van der Waals surface area (Å²) >= 11 is 0. The number of hydrogen-bond acceptors (Lipinski definition) is 6. The topological polar surface area (TPSA) is 105 Å². The van der Waals surface area contributed by atoms with E-state index < -0.39 is 18.2 Å². The number of aliphatic carboxylic acids is 1. The predicted molar refractivity (Wildman–Crippen MR) is 97.8 cm³/mol. The molecule has 7 nitrogen and oxygen atoms in total. The lowest BCUT2D eigenvalue weighted by Gasteiger charge is -2.13. The van der Waals surface area contributed by atoms with E-state index in [2.05, 4.69) is 9.89 Å². The van der Waals surface area contributed by atoms with Gasteiger partial charge in [-0.25, -0.2) is 4.79 Å². The van der Waals surface area contributed by atoms with Crippen LogP contribution in [0.4, 0.5) is 0 Å². The van der Waals surface area contributed by atoms with E-state index in [0.29, 0.717) is 25.0 Å². The Balaban J connectivity index is 2.44. The van der Waals surface area contributed by atoms with Gasteiger partial charge < -0.3 is 19.8 Å². The number of unbranched alkanes of at least 4 members (excludes halogenated alkanes) is 3. The number of carbonyl (C=O) groups excluding carboxylic acids is 1. The van der Waals surface area contributed by atoms with Crippen LogP contribution in [0.1, 0.15) is 65.2 Å². The van der Waals surface area contributed by atoms with Crippen molar-refractivity contribution in [2.45, 2.75) is 77.4 Å². The second-order valence-electron chi connectivity index (χ2n) is 7.05. The van der Waals surface area contributed by atoms with Gasteiger partial charge in [0, 0.05) is 19.3 Å². The Bertz CT molecular complexity index is 526. The molecule has 0 radical (unpaired) electrons. The fraction of sp³-hybridized carbons (Fsp3) is 0.737. The number of aliphatic hydroxyl groups is 1. The average Bonchev–Trinajstić information content (AvgIpc) is 2.93. The van der Waals surface area contributed by atoms with E-state index in [4.69, 9.17) is 4.84 Å². The second-order valence-corrected chi connectivity index (χ2v) is 7.05. The largest absolute Gasteiger partial charge is 0.478 e. The van der Waals surface area contributed by atoms with Gasteiger partial charge in [-0.15, -0.1) is 0 Å². The average molecular weight is 369 g/mol. The predicted octanol–water partition coefficient (Wildman–Crippen LogP) is 3.06. The maximum atomic E-state index is 11.2. The van der Waals surface area contributed by atoms with Crippen molar-refractivity contribution in [1.82, 2.24) is 0 Å². The molecule has 0 saturated carbocycles. The van der Waals surface area contributed by atoms with Crippen LogP contribution in [0.15, 0.2) is 16.8 Å². The van der Waals surface area contributed by atoms with Crippen LogP contribution in [0.25, 0.3) is 0 Å². The molecule has 7 heteroatoms. The SMILES string of the molecule is COC(=O)CCCCCCC1=C[C@H](O)CC1=NOC(CC(C)C)C(=O)O. The smallest absolute Gasteiger partial charge is 0.347 e. The second kappa shape index (κ2) is 11.7. The lowest BCUT2D eigenvalue weighted by atomic mass is 10.0. The molecule has 0 aromatic rings. The van der Waals surface area contributed by atoms with E-state index in [1.807, 2.05) is 13.8 Å². The molecule has 1 aliphatic rings. The first-order valence-electron chi connectivity index (χ1n) is 9.25. The molecule has 0 aromatic heterocycles. The van der Waals surface area contributed by atoms with Gasteiger partial charge in [0.25, 0.3) is 0 Å². The molecule has 0 spiro atoms. The molecule has 0 amide bonds. The van der Waals surface area contributed by atoms with Crippen LogP contribution in [0.2, 0.25) is 0 Å². The summed E-state index contributed by atoms with van der Waals surface area (Å²) in [5, 5.41) is 23.1. The van der Waals surface area contributed by atoms with Crippen molar-refractivity contribution in [3.8, 4) is 0 Å². The van der Waals surface area contributed by atoms with Crippen LogP contribution in [-0.4, -0.2) is 47.2 Å². The number of carbonyl (C=O) groups is 2. The Labute approximate surface area is 155 Å². The Morgan fingerprint density at radius 3 is 2.58 bits per heavy atom. The van der Waals surface area contributed by atoms with E-state index >= 15 is 0 Å². The number of ether oxygens (including phenoxy) is 1. The van der Waals surface area contributed by atoms with E-state index in [0.717, 1.165) is 37.7 Å². The number of esters is 1. The fourth-order valence-electron chi connectivity index (χ4n) is 2.82. The number of hydrogen-bond donors (Lipinski definition) is 2. The van der Waals surface area contributed by atoms with Crippen LogP contribution in [0.3, 0.4) is 0 Å². The summed E-state index contributed by atoms with van der Waals surface area (Å²) in [6, 6.07) is 0. The third-order valence-electron chi connectivity index (χ3n) is 4.22. The highest BCUT2D eigenvalue weighted by molar-refractivity contribution is 6.02. The minimum absolute atomic E-state index is 0.186. The Morgan fingerprint density at radius 1 is 1.27 bits per heavy atom. The molecule has 2 atom stereocenters. The number of allylic oxidation sites excluding steroid dienone is 1. The molecule has 0 bridgehead atoms. The number of oxime groups is 1. The van der Waals surface area contributed by atoms with Gasteiger partial charge in [-0.1, -0.05) is 37.9 Å². The zero-order valence-corrected chi connectivity index (χ0v) is 15.9. The first-order chi connectivity index (χ1) is 12.3. The molecular weight excluding hydrogens is 338 g/mol. The van der Waals surface area contributed by atoms with Crippen LogP contribution >= 0.6 is 0 Å². The molecule has 1 unspecified atom stereocenters. The third-order valence-corrected chi connectivity index (χ3v) is 4.22. The van der Waals surface area contributed by atoms with Gasteiger partial charge in [-0.3, -0.25) is 4.79 Å². The highest BCUT2D eigenvalue weighted by atomic mass is 16.6. The first kappa shape index (κ1) is 22.2. The van der Waals surface area contributed by atoms with E-state index in [1.54, 1.807) is 6.08 Å².